The fourth-order valence-corrected chi connectivity index (χ4v) is 3.53. The van der Waals surface area contributed by atoms with Crippen LogP contribution in [0.5, 0.6) is 11.5 Å². The third-order valence-corrected chi connectivity index (χ3v) is 4.97. The summed E-state index contributed by atoms with van der Waals surface area (Å²) < 4.78 is 62.1. The van der Waals surface area contributed by atoms with Crippen LogP contribution in [0, 0.1) is 11.6 Å². The minimum absolute atomic E-state index is 0.168. The molecule has 24 heavy (non-hydrogen) atoms. The average Bonchev–Trinajstić information content (AvgIpc) is 2.53. The molecule has 2 aromatic rings. The molecule has 0 atom stereocenters. The van der Waals surface area contributed by atoms with Crippen molar-refractivity contribution >= 4 is 15.8 Å². The predicted octanol–water partition coefficient (Wildman–Crippen LogP) is 2.30. The highest BCUT2D eigenvalue weighted by Crippen LogP contribution is 2.33. The van der Waals surface area contributed by atoms with Crippen LogP contribution in [0.15, 0.2) is 40.1 Å². The SMILES string of the molecule is COC(=O)c1cc(F)cc(F)c1S(=O)(=O)c1ccc(O)c(OC)c1. The summed E-state index contributed by atoms with van der Waals surface area (Å²) in [7, 11) is -2.41. The van der Waals surface area contributed by atoms with Crippen LogP contribution >= 0.6 is 0 Å². The Morgan fingerprint density at radius 2 is 1.79 bits per heavy atom. The van der Waals surface area contributed by atoms with Crippen LogP contribution in [0.2, 0.25) is 0 Å². The van der Waals surface area contributed by atoms with Crippen molar-refractivity contribution in [3.8, 4) is 11.5 Å². The average molecular weight is 358 g/mol. The second kappa shape index (κ2) is 6.44. The number of rotatable bonds is 4. The van der Waals surface area contributed by atoms with E-state index in [0.29, 0.717) is 12.1 Å². The Hall–Kier alpha value is -2.68. The van der Waals surface area contributed by atoms with Crippen LogP contribution in [0.1, 0.15) is 10.4 Å². The summed E-state index contributed by atoms with van der Waals surface area (Å²) >= 11 is 0. The topological polar surface area (TPSA) is 89.9 Å². The molecule has 0 aliphatic carbocycles. The molecule has 2 aromatic carbocycles. The molecule has 0 amide bonds. The molecule has 0 unspecified atom stereocenters. The zero-order chi connectivity index (χ0) is 18.1. The maximum absolute atomic E-state index is 14.1. The van der Waals surface area contributed by atoms with E-state index in [9.17, 15) is 27.1 Å². The quantitative estimate of drug-likeness (QED) is 0.666. The lowest BCUT2D eigenvalue weighted by Crippen LogP contribution is -2.14. The molecular formula is C15H12F2O6S. The summed E-state index contributed by atoms with van der Waals surface area (Å²) in [4.78, 5) is 10.2. The maximum atomic E-state index is 14.1. The van der Waals surface area contributed by atoms with E-state index in [0.717, 1.165) is 25.3 Å². The third kappa shape index (κ3) is 3.02. The van der Waals surface area contributed by atoms with Gasteiger partial charge in [-0.15, -0.1) is 0 Å². The van der Waals surface area contributed by atoms with Gasteiger partial charge in [0.2, 0.25) is 9.84 Å². The number of benzene rings is 2. The van der Waals surface area contributed by atoms with E-state index in [2.05, 4.69) is 4.74 Å². The van der Waals surface area contributed by atoms with Crippen molar-refractivity contribution in [2.45, 2.75) is 9.79 Å². The largest absolute Gasteiger partial charge is 0.504 e. The first-order chi connectivity index (χ1) is 11.2. The lowest BCUT2D eigenvalue weighted by molar-refractivity contribution is 0.0594. The molecule has 0 saturated carbocycles. The van der Waals surface area contributed by atoms with Crippen molar-refractivity contribution < 1.29 is 36.6 Å². The molecule has 0 bridgehead atoms. The first-order valence-corrected chi connectivity index (χ1v) is 7.90. The van der Waals surface area contributed by atoms with Crippen molar-refractivity contribution in [2.75, 3.05) is 14.2 Å². The number of halogens is 2. The van der Waals surface area contributed by atoms with Crippen LogP contribution in [0.3, 0.4) is 0 Å². The first kappa shape index (κ1) is 17.7. The zero-order valence-corrected chi connectivity index (χ0v) is 13.4. The predicted molar refractivity (Wildman–Crippen MR) is 77.8 cm³/mol. The lowest BCUT2D eigenvalue weighted by atomic mass is 10.2. The number of ether oxygens (including phenoxy) is 2. The van der Waals surface area contributed by atoms with E-state index in [1.54, 1.807) is 0 Å². The number of hydrogen-bond acceptors (Lipinski definition) is 6. The Morgan fingerprint density at radius 1 is 1.12 bits per heavy atom. The first-order valence-electron chi connectivity index (χ1n) is 6.41. The number of hydrogen-bond donors (Lipinski definition) is 1. The van der Waals surface area contributed by atoms with Gasteiger partial charge in [-0.3, -0.25) is 0 Å². The molecule has 2 rings (SSSR count). The van der Waals surface area contributed by atoms with Crippen molar-refractivity contribution in [3.63, 3.8) is 0 Å². The van der Waals surface area contributed by atoms with Gasteiger partial charge < -0.3 is 14.6 Å². The van der Waals surface area contributed by atoms with Gasteiger partial charge in [0, 0.05) is 12.1 Å². The number of methoxy groups -OCH3 is 2. The Labute approximate surface area is 136 Å². The summed E-state index contributed by atoms with van der Waals surface area (Å²) in [6.45, 7) is 0. The van der Waals surface area contributed by atoms with Crippen LogP contribution in [0.25, 0.3) is 0 Å². The summed E-state index contributed by atoms with van der Waals surface area (Å²) in [6, 6.07) is 3.90. The Kier molecular flexibility index (Phi) is 4.74. The summed E-state index contributed by atoms with van der Waals surface area (Å²) in [5, 5.41) is 9.53. The third-order valence-electron chi connectivity index (χ3n) is 3.14. The second-order valence-corrected chi connectivity index (χ2v) is 6.48. The highest BCUT2D eigenvalue weighted by molar-refractivity contribution is 7.91. The number of esters is 1. The van der Waals surface area contributed by atoms with Crippen LogP contribution in [0.4, 0.5) is 8.78 Å². The standard InChI is InChI=1S/C15H12F2O6S/c1-22-13-7-9(3-4-12(13)18)24(20,21)14-10(15(19)23-2)5-8(16)6-11(14)17/h3-7,18H,1-2H3. The minimum atomic E-state index is -4.56. The van der Waals surface area contributed by atoms with Gasteiger partial charge in [0.05, 0.1) is 24.7 Å². The van der Waals surface area contributed by atoms with Gasteiger partial charge in [-0.2, -0.15) is 0 Å². The van der Waals surface area contributed by atoms with Crippen LogP contribution in [-0.4, -0.2) is 33.7 Å². The van der Waals surface area contributed by atoms with Gasteiger partial charge >= 0.3 is 5.97 Å². The van der Waals surface area contributed by atoms with E-state index in [1.807, 2.05) is 0 Å². The number of carbonyl (C=O) groups is 1. The molecule has 9 heteroatoms. The fourth-order valence-electron chi connectivity index (χ4n) is 2.04. The molecular weight excluding hydrogens is 346 g/mol. The van der Waals surface area contributed by atoms with Gasteiger partial charge in [0.15, 0.2) is 11.5 Å². The Balaban J connectivity index is 2.77. The van der Waals surface area contributed by atoms with Gasteiger partial charge in [-0.25, -0.2) is 22.0 Å². The minimum Gasteiger partial charge on any atom is -0.504 e. The van der Waals surface area contributed by atoms with Crippen molar-refractivity contribution in [2.24, 2.45) is 0 Å². The molecule has 0 saturated heterocycles. The smallest absolute Gasteiger partial charge is 0.339 e. The van der Waals surface area contributed by atoms with Crippen molar-refractivity contribution in [3.05, 3.63) is 47.5 Å². The zero-order valence-electron chi connectivity index (χ0n) is 12.5. The molecule has 0 aliphatic heterocycles. The molecule has 128 valence electrons. The van der Waals surface area contributed by atoms with Gasteiger partial charge in [0.25, 0.3) is 0 Å². The molecule has 0 aromatic heterocycles. The summed E-state index contributed by atoms with van der Waals surface area (Å²) in [5.74, 6) is -4.28. The fraction of sp³-hybridized carbons (Fsp3) is 0.133. The van der Waals surface area contributed by atoms with E-state index < -0.39 is 42.8 Å². The summed E-state index contributed by atoms with van der Waals surface area (Å²) in [5.41, 5.74) is -0.776. The number of carbonyl (C=O) groups excluding carboxylic acids is 1. The second-order valence-electron chi connectivity index (χ2n) is 4.59. The number of phenolic OH excluding ortho intramolecular Hbond substituents is 1. The van der Waals surface area contributed by atoms with Gasteiger partial charge in [0.1, 0.15) is 16.5 Å². The molecule has 6 nitrogen and oxygen atoms in total. The molecule has 0 spiro atoms. The number of aromatic hydroxyl groups is 1. The van der Waals surface area contributed by atoms with E-state index >= 15 is 0 Å². The van der Waals surface area contributed by atoms with Crippen LogP contribution < -0.4 is 4.74 Å². The van der Waals surface area contributed by atoms with Crippen LogP contribution in [-0.2, 0) is 14.6 Å². The molecule has 0 fully saturated rings. The molecule has 0 heterocycles. The normalized spacial score (nSPS) is 11.2. The monoisotopic (exact) mass is 358 g/mol. The van der Waals surface area contributed by atoms with Crippen molar-refractivity contribution in [1.82, 2.24) is 0 Å². The summed E-state index contributed by atoms with van der Waals surface area (Å²) in [6.07, 6.45) is 0. The highest BCUT2D eigenvalue weighted by atomic mass is 32.2. The molecule has 0 radical (unpaired) electrons. The number of phenols is 1. The maximum Gasteiger partial charge on any atom is 0.339 e. The van der Waals surface area contributed by atoms with E-state index in [1.165, 1.54) is 7.11 Å². The van der Waals surface area contributed by atoms with E-state index in [4.69, 9.17) is 4.74 Å². The van der Waals surface area contributed by atoms with Gasteiger partial charge in [-0.1, -0.05) is 0 Å². The Morgan fingerprint density at radius 3 is 2.38 bits per heavy atom. The van der Waals surface area contributed by atoms with Gasteiger partial charge in [-0.05, 0) is 18.2 Å². The van der Waals surface area contributed by atoms with Crippen molar-refractivity contribution in [1.29, 1.82) is 0 Å². The highest BCUT2D eigenvalue weighted by Gasteiger charge is 2.30. The molecule has 0 aliphatic rings. The Bertz CT molecular complexity index is 908. The number of sulfone groups is 1. The lowest BCUT2D eigenvalue weighted by Gasteiger charge is -2.12. The van der Waals surface area contributed by atoms with E-state index in [-0.39, 0.29) is 11.5 Å². The molecule has 1 N–H and O–H groups in total.